The van der Waals surface area contributed by atoms with E-state index >= 15 is 0 Å². The molecule has 1 saturated heterocycles. The van der Waals surface area contributed by atoms with E-state index in [1.165, 1.54) is 10.4 Å². The van der Waals surface area contributed by atoms with E-state index in [1.807, 2.05) is 0 Å². The molecule has 7 nitrogen and oxygen atoms in total. The van der Waals surface area contributed by atoms with Crippen molar-refractivity contribution in [2.24, 2.45) is 5.92 Å². The molecule has 1 aliphatic rings. The lowest BCUT2D eigenvalue weighted by atomic mass is 9.98. The fourth-order valence-electron chi connectivity index (χ4n) is 3.67. The number of amides is 1. The van der Waals surface area contributed by atoms with Gasteiger partial charge in [-0.1, -0.05) is 11.6 Å². The molecular weight excluding hydrogens is 440 g/mol. The third-order valence-electron chi connectivity index (χ3n) is 5.35. The number of methoxy groups -OCH3 is 1. The van der Waals surface area contributed by atoms with Gasteiger partial charge in [0, 0.05) is 30.8 Å². The maximum Gasteiger partial charge on any atom is 0.246 e. The van der Waals surface area contributed by atoms with E-state index in [4.69, 9.17) is 21.1 Å². The predicted molar refractivity (Wildman–Crippen MR) is 121 cm³/mol. The van der Waals surface area contributed by atoms with Crippen molar-refractivity contribution in [3.8, 4) is 11.5 Å². The van der Waals surface area contributed by atoms with Crippen molar-refractivity contribution in [1.29, 1.82) is 0 Å². The summed E-state index contributed by atoms with van der Waals surface area (Å²) in [5, 5.41) is 0.311. The van der Waals surface area contributed by atoms with E-state index in [2.05, 4.69) is 0 Å². The molecule has 0 radical (unpaired) electrons. The minimum atomic E-state index is -3.87. The van der Waals surface area contributed by atoms with Gasteiger partial charge in [0.05, 0.1) is 19.6 Å². The van der Waals surface area contributed by atoms with Gasteiger partial charge in [0.15, 0.2) is 0 Å². The molecule has 2 aromatic rings. The highest BCUT2D eigenvalue weighted by molar-refractivity contribution is 7.89. The van der Waals surface area contributed by atoms with E-state index in [-0.39, 0.29) is 23.1 Å². The SMILES string of the molecule is CCOc1ccc(Cl)cc1S(=O)(=O)N1CCCC(C(=O)N(C)c2ccc(OC)cc2)C1. The Hall–Kier alpha value is -2.29. The standard InChI is InChI=1S/C22H27ClN2O5S/c1-4-30-20-12-7-17(23)14-21(20)31(27,28)25-13-5-6-16(15-25)22(26)24(2)18-8-10-19(29-3)11-9-18/h7-12,14,16H,4-6,13,15H2,1-3H3. The van der Waals surface area contributed by atoms with Crippen molar-refractivity contribution in [3.05, 3.63) is 47.5 Å². The summed E-state index contributed by atoms with van der Waals surface area (Å²) in [6, 6.07) is 11.7. The highest BCUT2D eigenvalue weighted by Gasteiger charge is 2.36. The molecule has 31 heavy (non-hydrogen) atoms. The summed E-state index contributed by atoms with van der Waals surface area (Å²) in [6.45, 7) is 2.57. The Labute approximate surface area is 188 Å². The molecule has 0 bridgehead atoms. The molecule has 1 unspecified atom stereocenters. The number of anilines is 1. The van der Waals surface area contributed by atoms with Crippen molar-refractivity contribution < 1.29 is 22.7 Å². The van der Waals surface area contributed by atoms with Crippen LogP contribution >= 0.6 is 11.6 Å². The summed E-state index contributed by atoms with van der Waals surface area (Å²) in [5.41, 5.74) is 0.722. The minimum Gasteiger partial charge on any atom is -0.497 e. The predicted octanol–water partition coefficient (Wildman–Crippen LogP) is 3.81. The Bertz CT molecular complexity index is 1030. The minimum absolute atomic E-state index is 0.0263. The zero-order valence-corrected chi connectivity index (χ0v) is 19.4. The Kier molecular flexibility index (Phi) is 7.46. The Morgan fingerprint density at radius 3 is 2.58 bits per heavy atom. The van der Waals surface area contributed by atoms with Gasteiger partial charge < -0.3 is 14.4 Å². The second-order valence-corrected chi connectivity index (χ2v) is 9.66. The number of nitrogens with zero attached hydrogens (tertiary/aromatic N) is 2. The zero-order chi connectivity index (χ0) is 22.6. The number of piperidine rings is 1. The Morgan fingerprint density at radius 2 is 1.94 bits per heavy atom. The van der Waals surface area contributed by atoms with Crippen molar-refractivity contribution in [1.82, 2.24) is 4.31 Å². The molecular formula is C22H27ClN2O5S. The molecule has 3 rings (SSSR count). The number of halogens is 1. The molecule has 1 aliphatic heterocycles. The lowest BCUT2D eigenvalue weighted by molar-refractivity contribution is -0.123. The van der Waals surface area contributed by atoms with Crippen molar-refractivity contribution in [3.63, 3.8) is 0 Å². The molecule has 1 amide bonds. The molecule has 0 N–H and O–H groups in total. The van der Waals surface area contributed by atoms with Crippen LogP contribution in [0.1, 0.15) is 19.8 Å². The van der Waals surface area contributed by atoms with Gasteiger partial charge in [0.1, 0.15) is 16.4 Å². The van der Waals surface area contributed by atoms with Crippen LogP contribution in [0.5, 0.6) is 11.5 Å². The zero-order valence-electron chi connectivity index (χ0n) is 17.9. The lowest BCUT2D eigenvalue weighted by Gasteiger charge is -2.33. The van der Waals surface area contributed by atoms with Crippen LogP contribution in [0.3, 0.4) is 0 Å². The van der Waals surface area contributed by atoms with Crippen LogP contribution in [-0.4, -0.2) is 52.5 Å². The highest BCUT2D eigenvalue weighted by Crippen LogP contribution is 2.33. The van der Waals surface area contributed by atoms with Crippen LogP contribution in [-0.2, 0) is 14.8 Å². The molecule has 168 valence electrons. The van der Waals surface area contributed by atoms with E-state index in [0.717, 1.165) is 5.69 Å². The highest BCUT2D eigenvalue weighted by atomic mass is 35.5. The molecule has 0 saturated carbocycles. The maximum atomic E-state index is 13.4. The van der Waals surface area contributed by atoms with Crippen molar-refractivity contribution >= 4 is 33.2 Å². The summed E-state index contributed by atoms with van der Waals surface area (Å²) in [5.74, 6) is 0.397. The van der Waals surface area contributed by atoms with Crippen molar-refractivity contribution in [2.45, 2.75) is 24.7 Å². The number of hydrogen-bond acceptors (Lipinski definition) is 5. The molecule has 9 heteroatoms. The van der Waals surface area contributed by atoms with Crippen LogP contribution in [0.2, 0.25) is 5.02 Å². The molecule has 0 aliphatic carbocycles. The third-order valence-corrected chi connectivity index (χ3v) is 7.47. The monoisotopic (exact) mass is 466 g/mol. The van der Waals surface area contributed by atoms with Gasteiger partial charge in [0.25, 0.3) is 0 Å². The normalized spacial score (nSPS) is 17.2. The molecule has 1 heterocycles. The lowest BCUT2D eigenvalue weighted by Crippen LogP contribution is -2.46. The molecule has 1 fully saturated rings. The largest absolute Gasteiger partial charge is 0.497 e. The first-order valence-electron chi connectivity index (χ1n) is 10.1. The van der Waals surface area contributed by atoms with Crippen molar-refractivity contribution in [2.75, 3.05) is 38.8 Å². The van der Waals surface area contributed by atoms with Crippen LogP contribution in [0.4, 0.5) is 5.69 Å². The maximum absolute atomic E-state index is 13.4. The number of rotatable bonds is 7. The van der Waals surface area contributed by atoms with Gasteiger partial charge in [-0.2, -0.15) is 4.31 Å². The molecule has 0 aromatic heterocycles. The summed E-state index contributed by atoms with van der Waals surface area (Å²) in [7, 11) is -0.589. The van der Waals surface area contributed by atoms with Gasteiger partial charge in [-0.25, -0.2) is 8.42 Å². The smallest absolute Gasteiger partial charge is 0.246 e. The topological polar surface area (TPSA) is 76.2 Å². The third kappa shape index (κ3) is 5.14. The Balaban J connectivity index is 1.81. The van der Waals surface area contributed by atoms with Crippen LogP contribution < -0.4 is 14.4 Å². The first-order chi connectivity index (χ1) is 14.8. The van der Waals surface area contributed by atoms with E-state index in [1.54, 1.807) is 62.4 Å². The van der Waals surface area contributed by atoms with Crippen LogP contribution in [0.25, 0.3) is 0 Å². The van der Waals surface area contributed by atoms with Gasteiger partial charge in [-0.3, -0.25) is 4.79 Å². The average molecular weight is 467 g/mol. The molecule has 1 atom stereocenters. The summed E-state index contributed by atoms with van der Waals surface area (Å²) in [6.07, 6.45) is 1.22. The van der Waals surface area contributed by atoms with Gasteiger partial charge in [0.2, 0.25) is 15.9 Å². The van der Waals surface area contributed by atoms with Gasteiger partial charge in [-0.15, -0.1) is 0 Å². The number of benzene rings is 2. The van der Waals surface area contributed by atoms with E-state index in [9.17, 15) is 13.2 Å². The first kappa shape index (κ1) is 23.4. The van der Waals surface area contributed by atoms with Crippen LogP contribution in [0.15, 0.2) is 47.4 Å². The van der Waals surface area contributed by atoms with E-state index in [0.29, 0.717) is 36.8 Å². The molecule has 0 spiro atoms. The quantitative estimate of drug-likeness (QED) is 0.620. The first-order valence-corrected chi connectivity index (χ1v) is 11.9. The number of carbonyl (C=O) groups excluding carboxylic acids is 1. The fraction of sp³-hybridized carbons (Fsp3) is 0.409. The second kappa shape index (κ2) is 9.89. The number of ether oxygens (including phenoxy) is 2. The summed E-state index contributed by atoms with van der Waals surface area (Å²) >= 11 is 6.06. The summed E-state index contributed by atoms with van der Waals surface area (Å²) < 4.78 is 38.7. The second-order valence-electron chi connectivity index (χ2n) is 7.32. The summed E-state index contributed by atoms with van der Waals surface area (Å²) in [4.78, 5) is 14.7. The van der Waals surface area contributed by atoms with Gasteiger partial charge >= 0.3 is 0 Å². The number of carbonyl (C=O) groups is 1. The van der Waals surface area contributed by atoms with Gasteiger partial charge in [-0.05, 0) is 62.2 Å². The Morgan fingerprint density at radius 1 is 1.23 bits per heavy atom. The van der Waals surface area contributed by atoms with E-state index < -0.39 is 15.9 Å². The fourth-order valence-corrected chi connectivity index (χ4v) is 5.58. The van der Waals surface area contributed by atoms with Crippen LogP contribution in [0, 0.1) is 5.92 Å². The number of hydrogen-bond donors (Lipinski definition) is 0. The average Bonchev–Trinajstić information content (AvgIpc) is 2.79. The number of sulfonamides is 1. The molecule has 2 aromatic carbocycles.